The monoisotopic (exact) mass is 248 g/mol. The lowest BCUT2D eigenvalue weighted by Crippen LogP contribution is -2.45. The number of pyridine rings is 1. The van der Waals surface area contributed by atoms with E-state index in [0.29, 0.717) is 5.69 Å². The summed E-state index contributed by atoms with van der Waals surface area (Å²) in [7, 11) is 0. The van der Waals surface area contributed by atoms with Crippen molar-refractivity contribution in [3.8, 4) is 0 Å². The van der Waals surface area contributed by atoms with Crippen molar-refractivity contribution in [3.63, 3.8) is 0 Å². The Labute approximate surface area is 108 Å². The van der Waals surface area contributed by atoms with Gasteiger partial charge in [-0.3, -0.25) is 10.2 Å². The molecule has 2 rings (SSSR count). The molecule has 1 aromatic rings. The minimum atomic E-state index is -0.128. The topological polar surface area (TPSA) is 57.3 Å². The summed E-state index contributed by atoms with van der Waals surface area (Å²) in [6.07, 6.45) is 3.54. The van der Waals surface area contributed by atoms with Gasteiger partial charge in [0.25, 0.3) is 5.91 Å². The van der Waals surface area contributed by atoms with Crippen LogP contribution in [0, 0.1) is 0 Å². The van der Waals surface area contributed by atoms with E-state index in [4.69, 9.17) is 0 Å². The molecule has 1 aromatic heterocycles. The Morgan fingerprint density at radius 3 is 2.83 bits per heavy atom. The first kappa shape index (κ1) is 12.8. The van der Waals surface area contributed by atoms with E-state index in [1.54, 1.807) is 6.07 Å². The molecule has 0 aliphatic carbocycles. The predicted molar refractivity (Wildman–Crippen MR) is 71.3 cm³/mol. The molecule has 0 spiro atoms. The van der Waals surface area contributed by atoms with Gasteiger partial charge in [0, 0.05) is 19.6 Å². The molecular weight excluding hydrogens is 228 g/mol. The fourth-order valence-corrected chi connectivity index (χ4v) is 2.05. The van der Waals surface area contributed by atoms with Crippen LogP contribution in [0.4, 0.5) is 5.82 Å². The van der Waals surface area contributed by atoms with Gasteiger partial charge in [0.15, 0.2) is 0 Å². The highest BCUT2D eigenvalue weighted by Crippen LogP contribution is 2.08. The third-order valence-corrected chi connectivity index (χ3v) is 2.96. The van der Waals surface area contributed by atoms with Crippen LogP contribution in [0.1, 0.15) is 36.7 Å². The van der Waals surface area contributed by atoms with Crippen LogP contribution in [0.15, 0.2) is 18.2 Å². The fraction of sp³-hybridized carbons (Fsp3) is 0.538. The van der Waals surface area contributed by atoms with Gasteiger partial charge in [-0.1, -0.05) is 12.5 Å². The van der Waals surface area contributed by atoms with Crippen LogP contribution < -0.4 is 10.7 Å². The maximum Gasteiger partial charge on any atom is 0.284 e. The number of piperidine rings is 1. The fourth-order valence-electron chi connectivity index (χ4n) is 2.05. The number of aromatic nitrogens is 1. The summed E-state index contributed by atoms with van der Waals surface area (Å²) in [6, 6.07) is 5.44. The van der Waals surface area contributed by atoms with Gasteiger partial charge in [-0.05, 0) is 31.9 Å². The van der Waals surface area contributed by atoms with Crippen molar-refractivity contribution in [2.24, 2.45) is 0 Å². The van der Waals surface area contributed by atoms with E-state index < -0.39 is 0 Å². The maximum atomic E-state index is 12.0. The van der Waals surface area contributed by atoms with Crippen molar-refractivity contribution in [1.29, 1.82) is 0 Å². The molecule has 1 saturated heterocycles. The molecule has 5 nitrogen and oxygen atoms in total. The van der Waals surface area contributed by atoms with Crippen LogP contribution in [0.5, 0.6) is 0 Å². The average Bonchev–Trinajstić information content (AvgIpc) is 2.40. The van der Waals surface area contributed by atoms with Gasteiger partial charge >= 0.3 is 0 Å². The first-order valence-electron chi connectivity index (χ1n) is 6.56. The number of hydrogen-bond donors (Lipinski definition) is 2. The number of carbonyl (C=O) groups excluding carboxylic acids is 1. The first-order valence-corrected chi connectivity index (χ1v) is 6.56. The number of nitrogens with zero attached hydrogens (tertiary/aromatic N) is 2. The Bertz CT molecular complexity index is 402. The van der Waals surface area contributed by atoms with E-state index >= 15 is 0 Å². The quantitative estimate of drug-likeness (QED) is 0.850. The average molecular weight is 248 g/mol. The van der Waals surface area contributed by atoms with E-state index in [1.807, 2.05) is 24.1 Å². The molecule has 0 saturated carbocycles. The van der Waals surface area contributed by atoms with Crippen LogP contribution in [-0.4, -0.2) is 35.5 Å². The molecule has 0 aromatic carbocycles. The van der Waals surface area contributed by atoms with E-state index in [2.05, 4.69) is 15.7 Å². The first-order chi connectivity index (χ1) is 8.79. The lowest BCUT2D eigenvalue weighted by atomic mass is 10.2. The Kier molecular flexibility index (Phi) is 4.52. The summed E-state index contributed by atoms with van der Waals surface area (Å²) in [5.74, 6) is 0.612. The molecule has 18 heavy (non-hydrogen) atoms. The zero-order chi connectivity index (χ0) is 12.8. The van der Waals surface area contributed by atoms with E-state index in [1.165, 1.54) is 6.42 Å². The second-order valence-electron chi connectivity index (χ2n) is 4.43. The maximum absolute atomic E-state index is 12.0. The molecule has 1 amide bonds. The van der Waals surface area contributed by atoms with E-state index in [-0.39, 0.29) is 5.91 Å². The minimum absolute atomic E-state index is 0.128. The van der Waals surface area contributed by atoms with Crippen molar-refractivity contribution >= 4 is 11.7 Å². The summed E-state index contributed by atoms with van der Waals surface area (Å²) in [5.41, 5.74) is 3.37. The van der Waals surface area contributed by atoms with Gasteiger partial charge < -0.3 is 5.32 Å². The standard InChI is InChI=1S/C13H20N4O/c1-2-14-12-8-6-7-11(15-12)13(18)16-17-9-4-3-5-10-17/h6-8H,2-5,9-10H2,1H3,(H,14,15)(H,16,18). The van der Waals surface area contributed by atoms with Crippen molar-refractivity contribution in [3.05, 3.63) is 23.9 Å². The highest BCUT2D eigenvalue weighted by atomic mass is 16.2. The Balaban J connectivity index is 1.96. The van der Waals surface area contributed by atoms with Gasteiger partial charge in [0.2, 0.25) is 0 Å². The van der Waals surface area contributed by atoms with Gasteiger partial charge in [0.05, 0.1) is 0 Å². The molecule has 0 radical (unpaired) electrons. The van der Waals surface area contributed by atoms with Gasteiger partial charge in [0.1, 0.15) is 11.5 Å². The summed E-state index contributed by atoms with van der Waals surface area (Å²) < 4.78 is 0. The number of nitrogens with one attached hydrogen (secondary N) is 2. The van der Waals surface area contributed by atoms with Crippen LogP contribution in [0.25, 0.3) is 0 Å². The van der Waals surface area contributed by atoms with Crippen LogP contribution in [-0.2, 0) is 0 Å². The number of rotatable bonds is 4. The summed E-state index contributed by atoms with van der Waals surface area (Å²) in [6.45, 7) is 4.66. The van der Waals surface area contributed by atoms with E-state index in [0.717, 1.165) is 38.3 Å². The smallest absolute Gasteiger partial charge is 0.284 e. The molecule has 1 aliphatic rings. The number of carbonyl (C=O) groups is 1. The molecule has 5 heteroatoms. The van der Waals surface area contributed by atoms with Crippen molar-refractivity contribution in [1.82, 2.24) is 15.4 Å². The highest BCUT2D eigenvalue weighted by molar-refractivity contribution is 5.92. The molecule has 2 heterocycles. The SMILES string of the molecule is CCNc1cccc(C(=O)NN2CCCCC2)n1. The van der Waals surface area contributed by atoms with Gasteiger partial charge in [-0.25, -0.2) is 9.99 Å². The molecule has 2 N–H and O–H groups in total. The van der Waals surface area contributed by atoms with Crippen LogP contribution in [0.2, 0.25) is 0 Å². The molecule has 1 fully saturated rings. The molecule has 98 valence electrons. The van der Waals surface area contributed by atoms with Crippen LogP contribution >= 0.6 is 0 Å². The number of hydrazine groups is 1. The number of anilines is 1. The minimum Gasteiger partial charge on any atom is -0.370 e. The van der Waals surface area contributed by atoms with E-state index in [9.17, 15) is 4.79 Å². The summed E-state index contributed by atoms with van der Waals surface area (Å²) in [4.78, 5) is 16.3. The second-order valence-corrected chi connectivity index (χ2v) is 4.43. The second kappa shape index (κ2) is 6.35. The number of amides is 1. The highest BCUT2D eigenvalue weighted by Gasteiger charge is 2.14. The largest absolute Gasteiger partial charge is 0.370 e. The lowest BCUT2D eigenvalue weighted by Gasteiger charge is -2.26. The zero-order valence-electron chi connectivity index (χ0n) is 10.8. The summed E-state index contributed by atoms with van der Waals surface area (Å²) >= 11 is 0. The Morgan fingerprint density at radius 2 is 2.11 bits per heavy atom. The van der Waals surface area contributed by atoms with Gasteiger partial charge in [-0.15, -0.1) is 0 Å². The van der Waals surface area contributed by atoms with Crippen LogP contribution in [0.3, 0.4) is 0 Å². The van der Waals surface area contributed by atoms with Crippen molar-refractivity contribution < 1.29 is 4.79 Å². The Morgan fingerprint density at radius 1 is 1.33 bits per heavy atom. The predicted octanol–water partition coefficient (Wildman–Crippen LogP) is 1.64. The Hall–Kier alpha value is -1.62. The number of hydrogen-bond acceptors (Lipinski definition) is 4. The molecule has 0 bridgehead atoms. The normalized spacial score (nSPS) is 16.3. The molecular formula is C13H20N4O. The van der Waals surface area contributed by atoms with Gasteiger partial charge in [-0.2, -0.15) is 0 Å². The summed E-state index contributed by atoms with van der Waals surface area (Å²) in [5, 5.41) is 5.08. The molecule has 1 aliphatic heterocycles. The van der Waals surface area contributed by atoms with Crippen molar-refractivity contribution in [2.75, 3.05) is 25.0 Å². The third-order valence-electron chi connectivity index (χ3n) is 2.96. The zero-order valence-corrected chi connectivity index (χ0v) is 10.8. The lowest BCUT2D eigenvalue weighted by molar-refractivity contribution is 0.0745. The van der Waals surface area contributed by atoms with Crippen molar-refractivity contribution in [2.45, 2.75) is 26.2 Å². The molecule has 0 unspecified atom stereocenters. The molecule has 0 atom stereocenters. The third kappa shape index (κ3) is 3.43.